The summed E-state index contributed by atoms with van der Waals surface area (Å²) < 4.78 is 4.90. The molecule has 6 heteroatoms. The molecule has 1 aliphatic carbocycles. The van der Waals surface area contributed by atoms with E-state index in [1.807, 2.05) is 0 Å². The van der Waals surface area contributed by atoms with Crippen LogP contribution >= 0.6 is 0 Å². The lowest BCUT2D eigenvalue weighted by molar-refractivity contribution is -0.125. The number of hydrogen-bond acceptors (Lipinski definition) is 4. The van der Waals surface area contributed by atoms with Crippen LogP contribution in [0.4, 0.5) is 0 Å². The zero-order valence-electron chi connectivity index (χ0n) is 12.9. The lowest BCUT2D eigenvalue weighted by Gasteiger charge is -2.34. The van der Waals surface area contributed by atoms with E-state index in [0.29, 0.717) is 11.8 Å². The van der Waals surface area contributed by atoms with E-state index >= 15 is 0 Å². The van der Waals surface area contributed by atoms with Gasteiger partial charge in [0.05, 0.1) is 0 Å². The van der Waals surface area contributed by atoms with Crippen molar-refractivity contribution in [2.45, 2.75) is 39.2 Å². The lowest BCUT2D eigenvalue weighted by Crippen LogP contribution is -2.45. The van der Waals surface area contributed by atoms with Crippen molar-refractivity contribution in [1.29, 1.82) is 0 Å². The Morgan fingerprint density at radius 2 is 2.14 bits per heavy atom. The molecular formula is C16H22N2O4. The topological polar surface area (TPSA) is 88.3 Å². The van der Waals surface area contributed by atoms with Gasteiger partial charge in [0.25, 0.3) is 11.5 Å². The summed E-state index contributed by atoms with van der Waals surface area (Å²) in [7, 11) is 0. The van der Waals surface area contributed by atoms with Crippen molar-refractivity contribution < 1.29 is 14.3 Å². The highest BCUT2D eigenvalue weighted by Gasteiger charge is 2.28. The number of rotatable bonds is 4. The minimum Gasteiger partial charge on any atom is -0.452 e. The molecule has 1 saturated carbocycles. The molecule has 0 bridgehead atoms. The first-order valence-electron chi connectivity index (χ1n) is 7.63. The number of hydrogen-bond donors (Lipinski definition) is 2. The molecule has 0 aromatic carbocycles. The molecule has 0 aliphatic heterocycles. The van der Waals surface area contributed by atoms with Gasteiger partial charge in [-0.05, 0) is 30.4 Å². The number of aromatic nitrogens is 1. The Morgan fingerprint density at radius 3 is 2.86 bits per heavy atom. The van der Waals surface area contributed by atoms with Crippen molar-refractivity contribution in [3.8, 4) is 0 Å². The van der Waals surface area contributed by atoms with Crippen LogP contribution in [0.2, 0.25) is 0 Å². The van der Waals surface area contributed by atoms with E-state index in [9.17, 15) is 14.4 Å². The van der Waals surface area contributed by atoms with Crippen LogP contribution in [0.1, 0.15) is 43.5 Å². The molecule has 6 nitrogen and oxygen atoms in total. The zero-order chi connectivity index (χ0) is 16.1. The highest BCUT2D eigenvalue weighted by molar-refractivity contribution is 5.90. The quantitative estimate of drug-likeness (QED) is 0.825. The van der Waals surface area contributed by atoms with Gasteiger partial charge in [-0.15, -0.1) is 0 Å². The highest BCUT2D eigenvalue weighted by Crippen LogP contribution is 2.29. The van der Waals surface area contributed by atoms with Gasteiger partial charge in [-0.25, -0.2) is 4.79 Å². The van der Waals surface area contributed by atoms with E-state index in [1.165, 1.54) is 24.8 Å². The van der Waals surface area contributed by atoms with Crippen LogP contribution in [-0.2, 0) is 9.53 Å². The lowest BCUT2D eigenvalue weighted by atomic mass is 9.78. The average molecular weight is 306 g/mol. The molecule has 22 heavy (non-hydrogen) atoms. The second-order valence-corrected chi connectivity index (χ2v) is 5.93. The SMILES string of the molecule is C[C@@H]1[C@@H](C)CCC[C@H]1NC(=O)COC(=O)c1ccc[nH]c1=O. The second-order valence-electron chi connectivity index (χ2n) is 5.93. The fourth-order valence-corrected chi connectivity index (χ4v) is 2.83. The molecule has 0 radical (unpaired) electrons. The van der Waals surface area contributed by atoms with Crippen molar-refractivity contribution in [2.75, 3.05) is 6.61 Å². The molecule has 3 atom stereocenters. The van der Waals surface area contributed by atoms with E-state index in [0.717, 1.165) is 12.8 Å². The molecule has 0 spiro atoms. The molecule has 0 unspecified atom stereocenters. The Kier molecular flexibility index (Phi) is 5.35. The van der Waals surface area contributed by atoms with Gasteiger partial charge in [0.1, 0.15) is 5.56 Å². The molecule has 2 N–H and O–H groups in total. The van der Waals surface area contributed by atoms with Crippen molar-refractivity contribution in [1.82, 2.24) is 10.3 Å². The highest BCUT2D eigenvalue weighted by atomic mass is 16.5. The molecule has 0 saturated heterocycles. The van der Waals surface area contributed by atoms with Gasteiger partial charge >= 0.3 is 5.97 Å². The molecule has 1 fully saturated rings. The van der Waals surface area contributed by atoms with Crippen molar-refractivity contribution in [2.24, 2.45) is 11.8 Å². The molecular weight excluding hydrogens is 284 g/mol. The Balaban J connectivity index is 1.84. The van der Waals surface area contributed by atoms with Gasteiger partial charge in [0.15, 0.2) is 6.61 Å². The summed E-state index contributed by atoms with van der Waals surface area (Å²) in [5.74, 6) is -0.136. The largest absolute Gasteiger partial charge is 0.452 e. The van der Waals surface area contributed by atoms with E-state index in [1.54, 1.807) is 0 Å². The summed E-state index contributed by atoms with van der Waals surface area (Å²) >= 11 is 0. The van der Waals surface area contributed by atoms with Crippen molar-refractivity contribution >= 4 is 11.9 Å². The number of nitrogens with one attached hydrogen (secondary N) is 2. The number of esters is 1. The first kappa shape index (κ1) is 16.3. The fraction of sp³-hybridized carbons (Fsp3) is 0.562. The molecule has 1 amide bonds. The first-order valence-corrected chi connectivity index (χ1v) is 7.63. The van der Waals surface area contributed by atoms with Crippen molar-refractivity contribution in [3.63, 3.8) is 0 Å². The normalized spacial score (nSPS) is 24.5. The fourth-order valence-electron chi connectivity index (χ4n) is 2.83. The number of ether oxygens (including phenoxy) is 1. The van der Waals surface area contributed by atoms with Crippen LogP contribution in [-0.4, -0.2) is 29.5 Å². The van der Waals surface area contributed by atoms with Crippen LogP contribution in [0.3, 0.4) is 0 Å². The summed E-state index contributed by atoms with van der Waals surface area (Å²) in [6.07, 6.45) is 4.65. The third-order valence-corrected chi connectivity index (χ3v) is 4.43. The maximum Gasteiger partial charge on any atom is 0.344 e. The first-order chi connectivity index (χ1) is 10.5. The summed E-state index contributed by atoms with van der Waals surface area (Å²) in [5, 5.41) is 2.92. The van der Waals surface area contributed by atoms with Crippen LogP contribution in [0.25, 0.3) is 0 Å². The smallest absolute Gasteiger partial charge is 0.344 e. The standard InChI is InChI=1S/C16H22N2O4/c1-10-5-3-7-13(11(10)2)18-14(19)9-22-16(21)12-6-4-8-17-15(12)20/h4,6,8,10-11,13H,3,5,7,9H2,1-2H3,(H,17,20)(H,18,19)/t10-,11+,13+/m0/s1. The predicted molar refractivity (Wildman–Crippen MR) is 81.5 cm³/mol. The summed E-state index contributed by atoms with van der Waals surface area (Å²) in [4.78, 5) is 37.5. The van der Waals surface area contributed by atoms with E-state index in [-0.39, 0.29) is 24.1 Å². The summed E-state index contributed by atoms with van der Waals surface area (Å²) in [6.45, 7) is 3.94. The van der Waals surface area contributed by atoms with Gasteiger partial charge in [0.2, 0.25) is 0 Å². The van der Waals surface area contributed by atoms with E-state index < -0.39 is 11.5 Å². The third kappa shape index (κ3) is 3.96. The predicted octanol–water partition coefficient (Wildman–Crippen LogP) is 1.47. The Hall–Kier alpha value is -2.11. The van der Waals surface area contributed by atoms with Gasteiger partial charge in [-0.2, -0.15) is 0 Å². The van der Waals surface area contributed by atoms with Gasteiger partial charge < -0.3 is 15.0 Å². The Bertz CT molecular complexity index is 596. The van der Waals surface area contributed by atoms with Crippen LogP contribution < -0.4 is 10.9 Å². The number of aromatic amines is 1. The average Bonchev–Trinajstić information content (AvgIpc) is 2.50. The molecule has 1 aromatic heterocycles. The Morgan fingerprint density at radius 1 is 1.36 bits per heavy atom. The van der Waals surface area contributed by atoms with Crippen LogP contribution in [0, 0.1) is 11.8 Å². The molecule has 120 valence electrons. The molecule has 1 aliphatic rings. The minimum atomic E-state index is -0.790. The third-order valence-electron chi connectivity index (χ3n) is 4.43. The van der Waals surface area contributed by atoms with Gasteiger partial charge in [-0.3, -0.25) is 9.59 Å². The monoisotopic (exact) mass is 306 g/mol. The van der Waals surface area contributed by atoms with Crippen LogP contribution in [0.5, 0.6) is 0 Å². The Labute approximate surface area is 129 Å². The molecule has 2 rings (SSSR count). The number of carbonyl (C=O) groups is 2. The van der Waals surface area contributed by atoms with Crippen molar-refractivity contribution in [3.05, 3.63) is 34.2 Å². The number of pyridine rings is 1. The van der Waals surface area contributed by atoms with Gasteiger partial charge in [0, 0.05) is 12.2 Å². The van der Waals surface area contributed by atoms with E-state index in [2.05, 4.69) is 24.1 Å². The van der Waals surface area contributed by atoms with E-state index in [4.69, 9.17) is 4.74 Å². The minimum absolute atomic E-state index is 0.102. The second kappa shape index (κ2) is 7.24. The van der Waals surface area contributed by atoms with Crippen LogP contribution in [0.15, 0.2) is 23.1 Å². The maximum atomic E-state index is 11.9. The summed E-state index contributed by atoms with van der Waals surface area (Å²) in [6, 6.07) is 3.02. The molecule has 1 aromatic rings. The number of H-pyrrole nitrogens is 1. The molecule has 1 heterocycles. The maximum absolute atomic E-state index is 11.9. The number of carbonyl (C=O) groups excluding carboxylic acids is 2. The summed E-state index contributed by atoms with van der Waals surface area (Å²) in [5.41, 5.74) is -0.627. The van der Waals surface area contributed by atoms with Gasteiger partial charge in [-0.1, -0.05) is 26.7 Å². The zero-order valence-corrected chi connectivity index (χ0v) is 12.9. The number of amides is 1.